The molecule has 1 aromatic heterocycles. The van der Waals surface area contributed by atoms with Gasteiger partial charge >= 0.3 is 0 Å². The Kier molecular flexibility index (Phi) is 3.10. The molecule has 0 bridgehead atoms. The molecule has 2 nitrogen and oxygen atoms in total. The highest BCUT2D eigenvalue weighted by Crippen LogP contribution is 2.48. The van der Waals surface area contributed by atoms with Crippen LogP contribution in [0.4, 0.5) is 0 Å². The largest absolute Gasteiger partial charge is 0.456 e. The zero-order valence-electron chi connectivity index (χ0n) is 15.6. The summed E-state index contributed by atoms with van der Waals surface area (Å²) in [5.41, 5.74) is 3.32. The van der Waals surface area contributed by atoms with Gasteiger partial charge < -0.3 is 4.74 Å². The SMILES string of the molecule is Cc1c2c(cc3ccccc13)-c1nccc3cc([Si](C)(C)C)cc(c13)O2. The van der Waals surface area contributed by atoms with Gasteiger partial charge in [0.05, 0.1) is 19.2 Å². The maximum atomic E-state index is 6.51. The highest BCUT2D eigenvalue weighted by molar-refractivity contribution is 6.88. The third-order valence-corrected chi connectivity index (χ3v) is 7.43. The summed E-state index contributed by atoms with van der Waals surface area (Å²) in [5.74, 6) is 1.90. The van der Waals surface area contributed by atoms with E-state index < -0.39 is 8.07 Å². The van der Waals surface area contributed by atoms with Crippen molar-refractivity contribution in [3.8, 4) is 22.8 Å². The fourth-order valence-electron chi connectivity index (χ4n) is 3.92. The van der Waals surface area contributed by atoms with E-state index in [0.29, 0.717) is 0 Å². The molecule has 1 aliphatic heterocycles. The second kappa shape index (κ2) is 5.18. The van der Waals surface area contributed by atoms with Gasteiger partial charge in [0.2, 0.25) is 0 Å². The van der Waals surface area contributed by atoms with Gasteiger partial charge in [0, 0.05) is 17.3 Å². The standard InChI is InChI=1S/C23H21NOSi/c1-14-18-8-6-5-7-15(18)12-19-22-21-16(9-10-24-22)11-17(26(2,3)4)13-20(21)25-23(14)19/h5-13H,1-4H3. The minimum atomic E-state index is -1.44. The van der Waals surface area contributed by atoms with Crippen molar-refractivity contribution >= 4 is 34.8 Å². The molecular weight excluding hydrogens is 334 g/mol. The summed E-state index contributed by atoms with van der Waals surface area (Å²) in [7, 11) is -1.44. The lowest BCUT2D eigenvalue weighted by molar-refractivity contribution is 0.484. The Balaban J connectivity index is 1.90. The van der Waals surface area contributed by atoms with Crippen molar-refractivity contribution < 1.29 is 4.74 Å². The van der Waals surface area contributed by atoms with Gasteiger partial charge in [-0.3, -0.25) is 4.98 Å². The van der Waals surface area contributed by atoms with E-state index in [4.69, 9.17) is 9.72 Å². The van der Waals surface area contributed by atoms with Crippen LogP contribution in [0.25, 0.3) is 32.8 Å². The van der Waals surface area contributed by atoms with Crippen molar-refractivity contribution in [3.05, 3.63) is 60.3 Å². The number of aryl methyl sites for hydroxylation is 1. The van der Waals surface area contributed by atoms with Gasteiger partial charge in [-0.2, -0.15) is 0 Å². The lowest BCUT2D eigenvalue weighted by Crippen LogP contribution is -2.37. The van der Waals surface area contributed by atoms with Gasteiger partial charge in [0.15, 0.2) is 0 Å². The lowest BCUT2D eigenvalue weighted by atomic mass is 9.94. The van der Waals surface area contributed by atoms with E-state index in [1.165, 1.54) is 26.9 Å². The van der Waals surface area contributed by atoms with Crippen LogP contribution in [0.2, 0.25) is 19.6 Å². The van der Waals surface area contributed by atoms with Crippen LogP contribution in [0.5, 0.6) is 11.5 Å². The van der Waals surface area contributed by atoms with Gasteiger partial charge in [-0.1, -0.05) is 55.2 Å². The summed E-state index contributed by atoms with van der Waals surface area (Å²) in [6, 6.07) is 17.4. The van der Waals surface area contributed by atoms with Crippen LogP contribution < -0.4 is 9.92 Å². The minimum Gasteiger partial charge on any atom is -0.456 e. The summed E-state index contributed by atoms with van der Waals surface area (Å²) >= 11 is 0. The molecule has 26 heavy (non-hydrogen) atoms. The predicted molar refractivity (Wildman–Crippen MR) is 112 cm³/mol. The lowest BCUT2D eigenvalue weighted by Gasteiger charge is -2.26. The summed E-state index contributed by atoms with van der Waals surface area (Å²) < 4.78 is 6.51. The molecule has 2 heterocycles. The van der Waals surface area contributed by atoms with E-state index in [1.54, 1.807) is 0 Å². The van der Waals surface area contributed by atoms with E-state index >= 15 is 0 Å². The molecule has 128 valence electrons. The van der Waals surface area contributed by atoms with Crippen LogP contribution in [0.1, 0.15) is 5.56 Å². The summed E-state index contributed by atoms with van der Waals surface area (Å²) in [6.07, 6.45) is 1.93. The molecule has 0 fully saturated rings. The predicted octanol–water partition coefficient (Wildman–Crippen LogP) is 6.01. The molecule has 0 atom stereocenters. The normalized spacial score (nSPS) is 12.9. The van der Waals surface area contributed by atoms with Crippen LogP contribution in [0.3, 0.4) is 0 Å². The molecule has 4 aromatic rings. The van der Waals surface area contributed by atoms with Gasteiger partial charge in [-0.15, -0.1) is 0 Å². The number of hydrogen-bond donors (Lipinski definition) is 0. The molecule has 3 heteroatoms. The molecular formula is C23H21NOSi. The Hall–Kier alpha value is -2.65. The molecule has 0 radical (unpaired) electrons. The number of benzene rings is 3. The van der Waals surface area contributed by atoms with Crippen LogP contribution in [0, 0.1) is 6.92 Å². The van der Waals surface area contributed by atoms with Crippen LogP contribution in [-0.4, -0.2) is 13.1 Å². The molecule has 0 aliphatic carbocycles. The molecule has 5 rings (SSSR count). The van der Waals surface area contributed by atoms with Crippen molar-refractivity contribution in [1.29, 1.82) is 0 Å². The van der Waals surface area contributed by atoms with E-state index in [1.807, 2.05) is 6.20 Å². The topological polar surface area (TPSA) is 22.1 Å². The maximum Gasteiger partial charge on any atom is 0.140 e. The second-order valence-electron chi connectivity index (χ2n) is 8.18. The number of nitrogens with zero attached hydrogens (tertiary/aromatic N) is 1. The Morgan fingerprint density at radius 2 is 1.73 bits per heavy atom. The van der Waals surface area contributed by atoms with Crippen LogP contribution in [0.15, 0.2) is 54.7 Å². The van der Waals surface area contributed by atoms with Crippen LogP contribution >= 0.6 is 0 Å². The number of ether oxygens (including phenoxy) is 1. The van der Waals surface area contributed by atoms with Gasteiger partial charge in [-0.25, -0.2) is 0 Å². The maximum absolute atomic E-state index is 6.51. The summed E-state index contributed by atoms with van der Waals surface area (Å²) in [6.45, 7) is 9.27. The highest BCUT2D eigenvalue weighted by Gasteiger charge is 2.26. The third-order valence-electron chi connectivity index (χ3n) is 5.41. The van der Waals surface area contributed by atoms with Crippen molar-refractivity contribution in [1.82, 2.24) is 4.98 Å². The first-order valence-corrected chi connectivity index (χ1v) is 12.6. The molecule has 3 aromatic carbocycles. The van der Waals surface area contributed by atoms with E-state index in [-0.39, 0.29) is 0 Å². The number of pyridine rings is 1. The smallest absolute Gasteiger partial charge is 0.140 e. The first-order chi connectivity index (χ1) is 12.4. The molecule has 0 spiro atoms. The van der Waals surface area contributed by atoms with Crippen LogP contribution in [-0.2, 0) is 0 Å². The monoisotopic (exact) mass is 355 g/mol. The number of hydrogen-bond acceptors (Lipinski definition) is 2. The summed E-state index contributed by atoms with van der Waals surface area (Å²) in [4.78, 5) is 4.75. The fraction of sp³-hybridized carbons (Fsp3) is 0.174. The minimum absolute atomic E-state index is 0.948. The fourth-order valence-corrected chi connectivity index (χ4v) is 5.08. The highest BCUT2D eigenvalue weighted by atomic mass is 28.3. The quantitative estimate of drug-likeness (QED) is 0.343. The van der Waals surface area contributed by atoms with E-state index in [2.05, 4.69) is 75.1 Å². The number of rotatable bonds is 1. The summed E-state index contributed by atoms with van der Waals surface area (Å²) in [5, 5.41) is 6.24. The van der Waals surface area contributed by atoms with E-state index in [0.717, 1.165) is 28.1 Å². The Morgan fingerprint density at radius 1 is 0.923 bits per heavy atom. The molecule has 0 unspecified atom stereocenters. The van der Waals surface area contributed by atoms with Gasteiger partial charge in [-0.05, 0) is 41.3 Å². The Labute approximate surface area is 154 Å². The average Bonchev–Trinajstić information content (AvgIpc) is 2.62. The third kappa shape index (κ3) is 2.13. The van der Waals surface area contributed by atoms with E-state index in [9.17, 15) is 0 Å². The molecule has 0 amide bonds. The van der Waals surface area contributed by atoms with Gasteiger partial charge in [0.25, 0.3) is 0 Å². The van der Waals surface area contributed by atoms with Crippen molar-refractivity contribution in [2.24, 2.45) is 0 Å². The van der Waals surface area contributed by atoms with Crippen molar-refractivity contribution in [2.75, 3.05) is 0 Å². The Bertz CT molecular complexity index is 1200. The van der Waals surface area contributed by atoms with Gasteiger partial charge in [0.1, 0.15) is 11.5 Å². The molecule has 0 saturated carbocycles. The van der Waals surface area contributed by atoms with Crippen molar-refractivity contribution in [3.63, 3.8) is 0 Å². The first kappa shape index (κ1) is 15.6. The number of aromatic nitrogens is 1. The molecule has 0 saturated heterocycles. The zero-order valence-corrected chi connectivity index (χ0v) is 16.6. The number of fused-ring (bicyclic) bond motifs is 3. The zero-order chi connectivity index (χ0) is 18.1. The molecule has 1 aliphatic rings. The average molecular weight is 356 g/mol. The molecule has 0 N–H and O–H groups in total. The second-order valence-corrected chi connectivity index (χ2v) is 13.3. The van der Waals surface area contributed by atoms with Crippen molar-refractivity contribution in [2.45, 2.75) is 26.6 Å². The first-order valence-electron chi connectivity index (χ1n) is 9.07. The Morgan fingerprint density at radius 3 is 2.54 bits per heavy atom.